The third-order valence-corrected chi connectivity index (χ3v) is 6.53. The van der Waals surface area contributed by atoms with Crippen LogP contribution in [0.5, 0.6) is 0 Å². The zero-order valence-corrected chi connectivity index (χ0v) is 18.3. The predicted molar refractivity (Wildman–Crippen MR) is 124 cm³/mol. The summed E-state index contributed by atoms with van der Waals surface area (Å²) in [6.45, 7) is 3.49. The lowest BCUT2D eigenvalue weighted by Crippen LogP contribution is -2.32. The molecule has 2 aromatic carbocycles. The minimum Gasteiger partial charge on any atom is -0.274 e. The maximum atomic E-state index is 13.3. The number of imide groups is 1. The van der Waals surface area contributed by atoms with E-state index in [4.69, 9.17) is 12.2 Å². The number of fused-ring (bicyclic) bond motifs is 1. The molecule has 1 fully saturated rings. The molecule has 2 aliphatic heterocycles. The molecule has 1 saturated heterocycles. The maximum absolute atomic E-state index is 13.3. The molecule has 0 unspecified atom stereocenters. The third-order valence-electron chi connectivity index (χ3n) is 5.16. The van der Waals surface area contributed by atoms with Crippen molar-refractivity contribution in [2.45, 2.75) is 33.1 Å². The minimum absolute atomic E-state index is 0.236. The molecule has 2 heterocycles. The van der Waals surface area contributed by atoms with Crippen molar-refractivity contribution >= 4 is 63.0 Å². The van der Waals surface area contributed by atoms with Crippen molar-refractivity contribution in [2.75, 3.05) is 9.80 Å². The molecular weight excluding hydrogens is 416 g/mol. The van der Waals surface area contributed by atoms with E-state index in [1.54, 1.807) is 24.3 Å². The summed E-state index contributed by atoms with van der Waals surface area (Å²) < 4.78 is 0.371. The van der Waals surface area contributed by atoms with E-state index in [2.05, 4.69) is 6.92 Å². The van der Waals surface area contributed by atoms with Crippen LogP contribution in [0.3, 0.4) is 0 Å². The van der Waals surface area contributed by atoms with Crippen molar-refractivity contribution in [3.8, 4) is 0 Å². The lowest BCUT2D eigenvalue weighted by atomic mass is 10.1. The Labute approximate surface area is 184 Å². The monoisotopic (exact) mass is 436 g/mol. The number of carbonyl (C=O) groups is 3. The number of para-hydroxylation sites is 1. The Balaban J connectivity index is 1.73. The summed E-state index contributed by atoms with van der Waals surface area (Å²) in [4.78, 5) is 41.2. The second-order valence-corrected chi connectivity index (χ2v) is 8.80. The van der Waals surface area contributed by atoms with Gasteiger partial charge in [-0.15, -0.1) is 0 Å². The first-order valence-corrected chi connectivity index (χ1v) is 11.0. The molecule has 2 aromatic rings. The van der Waals surface area contributed by atoms with Crippen molar-refractivity contribution in [1.29, 1.82) is 0 Å². The lowest BCUT2D eigenvalue weighted by Gasteiger charge is -2.15. The molecule has 0 N–H and O–H groups in total. The largest absolute Gasteiger partial charge is 0.274 e. The van der Waals surface area contributed by atoms with Crippen LogP contribution in [0.25, 0.3) is 5.57 Å². The van der Waals surface area contributed by atoms with Crippen LogP contribution in [0.4, 0.5) is 11.4 Å². The van der Waals surface area contributed by atoms with Gasteiger partial charge in [-0.1, -0.05) is 67.7 Å². The summed E-state index contributed by atoms with van der Waals surface area (Å²) >= 11 is 6.58. The fraction of sp³-hybridized carbons (Fsp3) is 0.217. The lowest BCUT2D eigenvalue weighted by molar-refractivity contribution is -0.122. The van der Waals surface area contributed by atoms with Gasteiger partial charge in [-0.05, 0) is 36.6 Å². The number of thioether (sulfide) groups is 1. The number of aryl methyl sites for hydroxylation is 1. The molecule has 7 heteroatoms. The number of hydrogen-bond acceptors (Lipinski definition) is 5. The summed E-state index contributed by atoms with van der Waals surface area (Å²) in [5, 5.41) is 0. The van der Waals surface area contributed by atoms with Crippen LogP contribution in [-0.4, -0.2) is 22.0 Å². The molecule has 2 aliphatic rings. The molecular formula is C23H20N2O3S2. The Morgan fingerprint density at radius 1 is 1.03 bits per heavy atom. The first kappa shape index (κ1) is 20.5. The van der Waals surface area contributed by atoms with Crippen molar-refractivity contribution in [3.63, 3.8) is 0 Å². The summed E-state index contributed by atoms with van der Waals surface area (Å²) in [5.74, 6) is -1.21. The molecule has 4 rings (SSSR count). The molecule has 0 bridgehead atoms. The van der Waals surface area contributed by atoms with Gasteiger partial charge in [-0.3, -0.25) is 19.3 Å². The Hall–Kier alpha value is -2.77. The first-order chi connectivity index (χ1) is 14.4. The second kappa shape index (κ2) is 8.16. The van der Waals surface area contributed by atoms with E-state index < -0.39 is 5.91 Å². The summed E-state index contributed by atoms with van der Waals surface area (Å²) in [6, 6.07) is 14.8. The van der Waals surface area contributed by atoms with Crippen LogP contribution in [0.1, 0.15) is 37.8 Å². The number of anilines is 2. The smallest absolute Gasteiger partial charge is 0.271 e. The van der Waals surface area contributed by atoms with E-state index in [1.807, 2.05) is 24.3 Å². The van der Waals surface area contributed by atoms with Gasteiger partial charge in [0.05, 0.1) is 21.9 Å². The van der Waals surface area contributed by atoms with Gasteiger partial charge < -0.3 is 0 Å². The molecule has 152 valence electrons. The maximum Gasteiger partial charge on any atom is 0.271 e. The molecule has 5 nitrogen and oxygen atoms in total. The van der Waals surface area contributed by atoms with Crippen LogP contribution in [0, 0.1) is 0 Å². The van der Waals surface area contributed by atoms with Gasteiger partial charge in [0.1, 0.15) is 0 Å². The fourth-order valence-electron chi connectivity index (χ4n) is 3.68. The quantitative estimate of drug-likeness (QED) is 0.514. The highest BCUT2D eigenvalue weighted by Crippen LogP contribution is 2.45. The standard InChI is InChI=1S/C23H20N2O3S2/c1-3-4-7-15-10-12-16(13-11-15)25-22(28)20(30-23(25)29)19-17-8-5-6-9-18(17)24(14(2)26)21(19)27/h5-6,8-13H,3-4,7H2,1-2H3/b20-19-. The van der Waals surface area contributed by atoms with Gasteiger partial charge in [0, 0.05) is 12.5 Å². The van der Waals surface area contributed by atoms with E-state index in [0.717, 1.165) is 35.9 Å². The average Bonchev–Trinajstić information content (AvgIpc) is 3.18. The van der Waals surface area contributed by atoms with E-state index in [9.17, 15) is 14.4 Å². The van der Waals surface area contributed by atoms with Gasteiger partial charge in [0.25, 0.3) is 11.8 Å². The number of nitrogens with zero attached hydrogens (tertiary/aromatic N) is 2. The van der Waals surface area contributed by atoms with Crippen LogP contribution in [0.2, 0.25) is 0 Å². The number of rotatable bonds is 4. The van der Waals surface area contributed by atoms with Crippen LogP contribution in [0.15, 0.2) is 53.4 Å². The topological polar surface area (TPSA) is 57.7 Å². The number of amides is 3. The van der Waals surface area contributed by atoms with E-state index in [1.165, 1.54) is 17.4 Å². The van der Waals surface area contributed by atoms with Crippen molar-refractivity contribution in [3.05, 3.63) is 64.6 Å². The SMILES string of the molecule is CCCCc1ccc(N2C(=O)/C(=C3/C(=O)N(C(C)=O)c4ccccc43)SC2=S)cc1. The van der Waals surface area contributed by atoms with E-state index in [0.29, 0.717) is 21.3 Å². The van der Waals surface area contributed by atoms with Gasteiger partial charge in [-0.25, -0.2) is 4.90 Å². The molecule has 0 aliphatic carbocycles. The number of benzene rings is 2. The molecule has 3 amide bonds. The third kappa shape index (κ3) is 3.38. The Kier molecular flexibility index (Phi) is 5.58. The Morgan fingerprint density at radius 2 is 1.73 bits per heavy atom. The normalized spacial score (nSPS) is 18.4. The minimum atomic E-state index is -0.487. The zero-order chi connectivity index (χ0) is 21.4. The Morgan fingerprint density at radius 3 is 2.40 bits per heavy atom. The highest BCUT2D eigenvalue weighted by molar-refractivity contribution is 8.27. The fourth-order valence-corrected chi connectivity index (χ4v) is 5.05. The highest BCUT2D eigenvalue weighted by Gasteiger charge is 2.43. The van der Waals surface area contributed by atoms with Crippen LogP contribution in [-0.2, 0) is 20.8 Å². The number of hydrogen-bond donors (Lipinski definition) is 0. The van der Waals surface area contributed by atoms with Gasteiger partial charge in [-0.2, -0.15) is 0 Å². The summed E-state index contributed by atoms with van der Waals surface area (Å²) in [5.41, 5.74) is 3.20. The molecule has 0 aromatic heterocycles. The van der Waals surface area contributed by atoms with Crippen LogP contribution >= 0.6 is 24.0 Å². The Bertz CT molecular complexity index is 1110. The summed E-state index contributed by atoms with van der Waals surface area (Å²) in [7, 11) is 0. The van der Waals surface area contributed by atoms with E-state index in [-0.39, 0.29) is 22.3 Å². The number of unbranched alkanes of at least 4 members (excludes halogenated alkanes) is 1. The molecule has 0 radical (unpaired) electrons. The predicted octanol–water partition coefficient (Wildman–Crippen LogP) is 4.70. The first-order valence-electron chi connectivity index (χ1n) is 9.78. The van der Waals surface area contributed by atoms with Crippen molar-refractivity contribution in [1.82, 2.24) is 0 Å². The van der Waals surface area contributed by atoms with Crippen molar-refractivity contribution < 1.29 is 14.4 Å². The number of carbonyl (C=O) groups excluding carboxylic acids is 3. The average molecular weight is 437 g/mol. The molecule has 0 spiro atoms. The molecule has 30 heavy (non-hydrogen) atoms. The van der Waals surface area contributed by atoms with E-state index >= 15 is 0 Å². The van der Waals surface area contributed by atoms with Gasteiger partial charge in [0.2, 0.25) is 5.91 Å². The van der Waals surface area contributed by atoms with Gasteiger partial charge in [0.15, 0.2) is 4.32 Å². The zero-order valence-electron chi connectivity index (χ0n) is 16.7. The van der Waals surface area contributed by atoms with Crippen molar-refractivity contribution in [2.24, 2.45) is 0 Å². The number of thiocarbonyl (C=S) groups is 1. The molecule has 0 atom stereocenters. The van der Waals surface area contributed by atoms with Gasteiger partial charge >= 0.3 is 0 Å². The second-order valence-electron chi connectivity index (χ2n) is 7.16. The summed E-state index contributed by atoms with van der Waals surface area (Å²) in [6.07, 6.45) is 3.23. The highest BCUT2D eigenvalue weighted by atomic mass is 32.2. The molecule has 0 saturated carbocycles. The van der Waals surface area contributed by atoms with Crippen LogP contribution < -0.4 is 9.80 Å².